The average Bonchev–Trinajstić information content (AvgIpc) is 3.10. The first kappa shape index (κ1) is 24.1. The molecule has 0 bridgehead atoms. The fourth-order valence-corrected chi connectivity index (χ4v) is 2.93. The second-order valence-electron chi connectivity index (χ2n) is 7.01. The predicted octanol–water partition coefficient (Wildman–Crippen LogP) is 6.01. The summed E-state index contributed by atoms with van der Waals surface area (Å²) < 4.78 is 105. The third-order valence-electron chi connectivity index (χ3n) is 4.91. The summed E-state index contributed by atoms with van der Waals surface area (Å²) in [4.78, 5) is 12.5. The van der Waals surface area contributed by atoms with Gasteiger partial charge < -0.3 is 14.6 Å². The van der Waals surface area contributed by atoms with Crippen molar-refractivity contribution in [2.75, 3.05) is 5.32 Å². The molecule has 0 unspecified atom stereocenters. The number of amides is 1. The van der Waals surface area contributed by atoms with E-state index in [1.54, 1.807) is 19.1 Å². The van der Waals surface area contributed by atoms with Crippen molar-refractivity contribution < 1.29 is 44.8 Å². The van der Waals surface area contributed by atoms with Crippen molar-refractivity contribution in [3.8, 4) is 5.75 Å². The first-order valence-electron chi connectivity index (χ1n) is 9.23. The van der Waals surface area contributed by atoms with E-state index in [1.807, 2.05) is 13.0 Å². The van der Waals surface area contributed by atoms with Crippen LogP contribution in [-0.2, 0) is 12.8 Å². The lowest BCUT2D eigenvalue weighted by Gasteiger charge is -2.14. The molecule has 0 aliphatic carbocycles. The van der Waals surface area contributed by atoms with Crippen LogP contribution >= 0.6 is 0 Å². The summed E-state index contributed by atoms with van der Waals surface area (Å²) in [5.41, 5.74) is -3.28. The summed E-state index contributed by atoms with van der Waals surface area (Å²) >= 11 is 0. The first-order valence-corrected chi connectivity index (χ1v) is 9.23. The van der Waals surface area contributed by atoms with Gasteiger partial charge in [-0.25, -0.2) is 17.6 Å². The molecule has 1 N–H and O–H groups in total. The van der Waals surface area contributed by atoms with Crippen LogP contribution in [0.1, 0.15) is 38.5 Å². The molecule has 0 fully saturated rings. The highest BCUT2D eigenvalue weighted by molar-refractivity contribution is 6.04. The van der Waals surface area contributed by atoms with E-state index in [0.717, 1.165) is 11.1 Å². The molecule has 0 aliphatic heterocycles. The van der Waals surface area contributed by atoms with Crippen LogP contribution in [0.2, 0.25) is 0 Å². The van der Waals surface area contributed by atoms with E-state index in [2.05, 4.69) is 5.16 Å². The standard InChI is InChI=1S/C21H15F7N2O3/c1-8-5-4-6-12(9(8)2)32-7-11-10(3)33-30-18(11)20(31)29-19-16(24)14(22)13(21(26,27)28)15(23)17(19)25/h4-6H,7H2,1-3H3,(H,29,31). The van der Waals surface area contributed by atoms with Crippen LogP contribution < -0.4 is 10.1 Å². The highest BCUT2D eigenvalue weighted by atomic mass is 19.4. The third-order valence-corrected chi connectivity index (χ3v) is 4.91. The van der Waals surface area contributed by atoms with E-state index >= 15 is 0 Å². The van der Waals surface area contributed by atoms with Gasteiger partial charge in [-0.2, -0.15) is 13.2 Å². The highest BCUT2D eigenvalue weighted by Gasteiger charge is 2.42. The molecule has 1 amide bonds. The number of nitrogens with zero attached hydrogens (tertiary/aromatic N) is 1. The Hall–Kier alpha value is -3.57. The molecule has 3 rings (SSSR count). The lowest BCUT2D eigenvalue weighted by Crippen LogP contribution is -2.21. The molecule has 0 atom stereocenters. The zero-order valence-electron chi connectivity index (χ0n) is 17.3. The number of carbonyl (C=O) groups excluding carboxylic acids is 1. The smallest absolute Gasteiger partial charge is 0.422 e. The Bertz CT molecular complexity index is 1210. The maximum Gasteiger partial charge on any atom is 0.422 e. The van der Waals surface area contributed by atoms with Gasteiger partial charge in [-0.05, 0) is 38.0 Å². The second kappa shape index (κ2) is 8.75. The summed E-state index contributed by atoms with van der Waals surface area (Å²) in [5.74, 6) is -11.1. The molecule has 12 heteroatoms. The van der Waals surface area contributed by atoms with Gasteiger partial charge in [0, 0.05) is 0 Å². The van der Waals surface area contributed by atoms with Crippen molar-refractivity contribution in [3.05, 3.63) is 75.2 Å². The average molecular weight is 476 g/mol. The molecule has 0 saturated carbocycles. The Labute approximate surface area is 182 Å². The van der Waals surface area contributed by atoms with E-state index < -0.39 is 52.3 Å². The predicted molar refractivity (Wildman–Crippen MR) is 101 cm³/mol. The quantitative estimate of drug-likeness (QED) is 0.362. The molecular weight excluding hydrogens is 461 g/mol. The van der Waals surface area contributed by atoms with Gasteiger partial charge in [0.25, 0.3) is 5.91 Å². The first-order chi connectivity index (χ1) is 15.3. The number of halogens is 7. The number of rotatable bonds is 5. The number of anilines is 1. The van der Waals surface area contributed by atoms with Gasteiger partial charge in [0.1, 0.15) is 29.4 Å². The van der Waals surface area contributed by atoms with Crippen LogP contribution in [0, 0.1) is 44.0 Å². The molecule has 33 heavy (non-hydrogen) atoms. The van der Waals surface area contributed by atoms with E-state index in [9.17, 15) is 35.5 Å². The van der Waals surface area contributed by atoms with Gasteiger partial charge in [-0.1, -0.05) is 17.3 Å². The minimum atomic E-state index is -5.71. The molecule has 176 valence electrons. The van der Waals surface area contributed by atoms with Crippen molar-refractivity contribution in [3.63, 3.8) is 0 Å². The van der Waals surface area contributed by atoms with E-state index in [1.165, 1.54) is 12.2 Å². The van der Waals surface area contributed by atoms with Gasteiger partial charge in [-0.3, -0.25) is 4.79 Å². The van der Waals surface area contributed by atoms with Crippen LogP contribution in [-0.4, -0.2) is 11.1 Å². The van der Waals surface area contributed by atoms with E-state index in [4.69, 9.17) is 9.26 Å². The number of alkyl halides is 3. The van der Waals surface area contributed by atoms with E-state index in [0.29, 0.717) is 5.75 Å². The Balaban J connectivity index is 1.92. The van der Waals surface area contributed by atoms with Crippen molar-refractivity contribution >= 4 is 11.6 Å². The van der Waals surface area contributed by atoms with Gasteiger partial charge in [0.05, 0.1) is 5.56 Å². The fourth-order valence-electron chi connectivity index (χ4n) is 2.93. The van der Waals surface area contributed by atoms with Crippen LogP contribution in [0.15, 0.2) is 22.7 Å². The summed E-state index contributed by atoms with van der Waals surface area (Å²) in [5, 5.41) is 4.96. The number of hydrogen-bond donors (Lipinski definition) is 1. The summed E-state index contributed by atoms with van der Waals surface area (Å²) in [6.07, 6.45) is -5.71. The fraction of sp³-hybridized carbons (Fsp3) is 0.238. The Kier molecular flexibility index (Phi) is 6.39. The largest absolute Gasteiger partial charge is 0.488 e. The van der Waals surface area contributed by atoms with Crippen LogP contribution in [0.3, 0.4) is 0 Å². The lowest BCUT2D eigenvalue weighted by molar-refractivity contribution is -0.143. The maximum atomic E-state index is 14.1. The number of benzene rings is 2. The molecule has 0 saturated heterocycles. The van der Waals surface area contributed by atoms with Crippen molar-refractivity contribution in [2.24, 2.45) is 0 Å². The summed E-state index contributed by atoms with van der Waals surface area (Å²) in [7, 11) is 0. The number of hydrogen-bond acceptors (Lipinski definition) is 4. The zero-order chi connectivity index (χ0) is 24.7. The number of ether oxygens (including phenoxy) is 1. The number of aryl methyl sites for hydroxylation is 2. The highest BCUT2D eigenvalue weighted by Crippen LogP contribution is 2.38. The Morgan fingerprint density at radius 3 is 2.21 bits per heavy atom. The van der Waals surface area contributed by atoms with E-state index in [-0.39, 0.29) is 17.9 Å². The third kappa shape index (κ3) is 4.50. The molecular formula is C21H15F7N2O3. The topological polar surface area (TPSA) is 64.4 Å². The van der Waals surface area contributed by atoms with Crippen LogP contribution in [0.25, 0.3) is 0 Å². The van der Waals surface area contributed by atoms with Gasteiger partial charge in [-0.15, -0.1) is 0 Å². The van der Waals surface area contributed by atoms with Crippen molar-refractivity contribution in [1.29, 1.82) is 0 Å². The molecule has 1 heterocycles. The van der Waals surface area contributed by atoms with Gasteiger partial charge in [0.15, 0.2) is 29.0 Å². The molecule has 0 spiro atoms. The zero-order valence-corrected chi connectivity index (χ0v) is 17.3. The Morgan fingerprint density at radius 2 is 1.64 bits per heavy atom. The molecule has 5 nitrogen and oxygen atoms in total. The van der Waals surface area contributed by atoms with Crippen LogP contribution in [0.4, 0.5) is 36.4 Å². The SMILES string of the molecule is Cc1cccc(OCc2c(C(=O)Nc3c(F)c(F)c(C(F)(F)F)c(F)c3F)noc2C)c1C. The second-order valence-corrected chi connectivity index (χ2v) is 7.01. The minimum absolute atomic E-state index is 0.0436. The molecule has 1 aromatic heterocycles. The molecule has 0 radical (unpaired) electrons. The van der Waals surface area contributed by atoms with Crippen molar-refractivity contribution in [1.82, 2.24) is 5.16 Å². The molecule has 0 aliphatic rings. The van der Waals surface area contributed by atoms with Crippen LogP contribution in [0.5, 0.6) is 5.75 Å². The molecule has 3 aromatic rings. The normalized spacial score (nSPS) is 11.6. The summed E-state index contributed by atoms with van der Waals surface area (Å²) in [6.45, 7) is 4.77. The van der Waals surface area contributed by atoms with Crippen molar-refractivity contribution in [2.45, 2.75) is 33.6 Å². The minimum Gasteiger partial charge on any atom is -0.488 e. The maximum absolute atomic E-state index is 14.1. The Morgan fingerprint density at radius 1 is 1.03 bits per heavy atom. The number of aromatic nitrogens is 1. The van der Waals surface area contributed by atoms with Gasteiger partial charge >= 0.3 is 6.18 Å². The molecule has 2 aromatic carbocycles. The summed E-state index contributed by atoms with van der Waals surface area (Å²) in [6, 6.07) is 5.23. The lowest BCUT2D eigenvalue weighted by atomic mass is 10.1. The van der Waals surface area contributed by atoms with Gasteiger partial charge in [0.2, 0.25) is 0 Å². The number of nitrogens with one attached hydrogen (secondary N) is 1. The monoisotopic (exact) mass is 476 g/mol. The number of carbonyl (C=O) groups is 1.